The highest BCUT2D eigenvalue weighted by atomic mass is 16.6. The molecule has 15 heavy (non-hydrogen) atoms. The molecule has 3 atom stereocenters. The van der Waals surface area contributed by atoms with E-state index >= 15 is 0 Å². The Balaban J connectivity index is 1.74. The molecule has 0 radical (unpaired) electrons. The van der Waals surface area contributed by atoms with Crippen LogP contribution in [0.3, 0.4) is 0 Å². The Bertz CT molecular complexity index is 284. The van der Waals surface area contributed by atoms with Crippen LogP contribution >= 0.6 is 0 Å². The Kier molecular flexibility index (Phi) is 2.23. The van der Waals surface area contributed by atoms with Crippen LogP contribution in [0, 0.1) is 11.3 Å². The highest BCUT2D eigenvalue weighted by Crippen LogP contribution is 2.70. The van der Waals surface area contributed by atoms with Gasteiger partial charge in [-0.25, -0.2) is 4.79 Å². The fourth-order valence-electron chi connectivity index (χ4n) is 2.29. The van der Waals surface area contributed by atoms with E-state index in [9.17, 15) is 4.79 Å². The second-order valence-corrected chi connectivity index (χ2v) is 5.72. The SMILES string of the molecule is CC(C)(C)OC(=O)N[C@H]1C[C@]12C[C@H]2CO. The number of rotatable bonds is 2. The van der Waals surface area contributed by atoms with E-state index < -0.39 is 5.60 Å². The molecule has 0 heterocycles. The molecule has 2 aliphatic rings. The average molecular weight is 213 g/mol. The fourth-order valence-corrected chi connectivity index (χ4v) is 2.29. The van der Waals surface area contributed by atoms with Crippen LogP contribution in [0.2, 0.25) is 0 Å². The largest absolute Gasteiger partial charge is 0.444 e. The summed E-state index contributed by atoms with van der Waals surface area (Å²) >= 11 is 0. The lowest BCUT2D eigenvalue weighted by atomic mass is 10.2. The lowest BCUT2D eigenvalue weighted by Gasteiger charge is -2.19. The molecule has 2 N–H and O–H groups in total. The highest BCUT2D eigenvalue weighted by molar-refractivity contribution is 5.69. The molecular formula is C11H19NO3. The van der Waals surface area contributed by atoms with Gasteiger partial charge >= 0.3 is 6.09 Å². The Labute approximate surface area is 90.0 Å². The van der Waals surface area contributed by atoms with Gasteiger partial charge in [-0.05, 0) is 44.9 Å². The number of hydrogen-bond donors (Lipinski definition) is 2. The van der Waals surface area contributed by atoms with E-state index in [0.717, 1.165) is 12.8 Å². The van der Waals surface area contributed by atoms with Crippen LogP contribution in [0.15, 0.2) is 0 Å². The quantitative estimate of drug-likeness (QED) is 0.726. The van der Waals surface area contributed by atoms with Crippen molar-refractivity contribution in [1.82, 2.24) is 5.32 Å². The number of nitrogens with one attached hydrogen (secondary N) is 1. The van der Waals surface area contributed by atoms with Gasteiger partial charge in [-0.2, -0.15) is 0 Å². The van der Waals surface area contributed by atoms with E-state index in [1.807, 2.05) is 20.8 Å². The molecule has 0 saturated heterocycles. The van der Waals surface area contributed by atoms with Gasteiger partial charge in [0.25, 0.3) is 0 Å². The van der Waals surface area contributed by atoms with Gasteiger partial charge < -0.3 is 15.2 Å². The topological polar surface area (TPSA) is 58.6 Å². The molecule has 2 aliphatic carbocycles. The van der Waals surface area contributed by atoms with E-state index in [1.54, 1.807) is 0 Å². The number of ether oxygens (including phenoxy) is 1. The molecular weight excluding hydrogens is 194 g/mol. The van der Waals surface area contributed by atoms with Crippen LogP contribution in [-0.4, -0.2) is 29.4 Å². The van der Waals surface area contributed by atoms with Crippen LogP contribution in [-0.2, 0) is 4.74 Å². The molecule has 0 unspecified atom stereocenters. The lowest BCUT2D eigenvalue weighted by molar-refractivity contribution is 0.0519. The van der Waals surface area contributed by atoms with Gasteiger partial charge in [-0.1, -0.05) is 0 Å². The Morgan fingerprint density at radius 2 is 2.20 bits per heavy atom. The first-order valence-corrected chi connectivity index (χ1v) is 5.48. The minimum atomic E-state index is -0.438. The number of aliphatic hydroxyl groups is 1. The number of amides is 1. The molecule has 2 fully saturated rings. The summed E-state index contributed by atoms with van der Waals surface area (Å²) in [4.78, 5) is 11.4. The lowest BCUT2D eigenvalue weighted by Crippen LogP contribution is -2.34. The minimum absolute atomic E-state index is 0.226. The Hall–Kier alpha value is -0.770. The number of carbonyl (C=O) groups excluding carboxylic acids is 1. The molecule has 0 aliphatic heterocycles. The molecule has 0 aromatic heterocycles. The van der Waals surface area contributed by atoms with E-state index in [-0.39, 0.29) is 24.2 Å². The predicted octanol–water partition coefficient (Wildman–Crippen LogP) is 1.28. The smallest absolute Gasteiger partial charge is 0.407 e. The summed E-state index contributed by atoms with van der Waals surface area (Å²) in [5.41, 5.74) is -0.211. The summed E-state index contributed by atoms with van der Waals surface area (Å²) in [6.45, 7) is 5.79. The molecule has 1 amide bonds. The third-order valence-corrected chi connectivity index (χ3v) is 3.31. The Morgan fingerprint density at radius 3 is 2.67 bits per heavy atom. The van der Waals surface area contributed by atoms with Crippen molar-refractivity contribution in [3.8, 4) is 0 Å². The van der Waals surface area contributed by atoms with Gasteiger partial charge in [-0.3, -0.25) is 0 Å². The van der Waals surface area contributed by atoms with Crippen LogP contribution < -0.4 is 5.32 Å². The summed E-state index contributed by atoms with van der Waals surface area (Å²) in [5, 5.41) is 11.8. The maximum atomic E-state index is 11.4. The summed E-state index contributed by atoms with van der Waals surface area (Å²) in [6.07, 6.45) is 1.70. The Morgan fingerprint density at radius 1 is 1.53 bits per heavy atom. The number of carbonyl (C=O) groups is 1. The van der Waals surface area contributed by atoms with Crippen molar-refractivity contribution in [3.05, 3.63) is 0 Å². The molecule has 0 aromatic rings. The van der Waals surface area contributed by atoms with Gasteiger partial charge in [0.1, 0.15) is 5.60 Å². The maximum absolute atomic E-state index is 11.4. The van der Waals surface area contributed by atoms with Gasteiger partial charge in [0.05, 0.1) is 0 Å². The zero-order valence-electron chi connectivity index (χ0n) is 9.54. The summed E-state index contributed by atoms with van der Waals surface area (Å²) in [7, 11) is 0. The second kappa shape index (κ2) is 3.11. The predicted molar refractivity (Wildman–Crippen MR) is 55.4 cm³/mol. The van der Waals surface area contributed by atoms with Gasteiger partial charge in [-0.15, -0.1) is 0 Å². The molecule has 2 saturated carbocycles. The number of aliphatic hydroxyl groups excluding tert-OH is 1. The van der Waals surface area contributed by atoms with E-state index in [1.165, 1.54) is 0 Å². The van der Waals surface area contributed by atoms with E-state index in [0.29, 0.717) is 5.92 Å². The molecule has 0 aromatic carbocycles. The third kappa shape index (κ3) is 2.09. The van der Waals surface area contributed by atoms with Gasteiger partial charge in [0.15, 0.2) is 0 Å². The zero-order valence-corrected chi connectivity index (χ0v) is 9.54. The second-order valence-electron chi connectivity index (χ2n) is 5.72. The fraction of sp³-hybridized carbons (Fsp3) is 0.909. The first kappa shape index (κ1) is 10.7. The van der Waals surface area contributed by atoms with Crippen molar-refractivity contribution >= 4 is 6.09 Å². The van der Waals surface area contributed by atoms with E-state index in [4.69, 9.17) is 9.84 Å². The summed E-state index contributed by atoms with van der Waals surface area (Å²) in [6, 6.07) is 0.226. The monoisotopic (exact) mass is 213 g/mol. The normalized spacial score (nSPS) is 37.6. The number of alkyl carbamates (subject to hydrolysis) is 1. The molecule has 4 heteroatoms. The number of hydrogen-bond acceptors (Lipinski definition) is 3. The van der Waals surface area contributed by atoms with Crippen molar-refractivity contribution in [2.45, 2.75) is 45.3 Å². The van der Waals surface area contributed by atoms with Crippen molar-refractivity contribution in [2.24, 2.45) is 11.3 Å². The molecule has 86 valence electrons. The van der Waals surface area contributed by atoms with Crippen molar-refractivity contribution < 1.29 is 14.6 Å². The average Bonchev–Trinajstić information content (AvgIpc) is 2.90. The summed E-state index contributed by atoms with van der Waals surface area (Å²) < 4.78 is 5.17. The summed E-state index contributed by atoms with van der Waals surface area (Å²) in [5.74, 6) is 0.400. The van der Waals surface area contributed by atoms with Crippen LogP contribution in [0.5, 0.6) is 0 Å². The van der Waals surface area contributed by atoms with Crippen molar-refractivity contribution in [1.29, 1.82) is 0 Å². The first-order valence-electron chi connectivity index (χ1n) is 5.48. The standard InChI is InChI=1S/C11H19NO3/c1-10(2,3)15-9(14)12-8-5-11(8)4-7(11)6-13/h7-8,13H,4-6H2,1-3H3,(H,12,14)/t7-,8-,11-/m0/s1. The maximum Gasteiger partial charge on any atom is 0.407 e. The van der Waals surface area contributed by atoms with Crippen LogP contribution in [0.25, 0.3) is 0 Å². The van der Waals surface area contributed by atoms with Crippen molar-refractivity contribution in [2.75, 3.05) is 6.61 Å². The highest BCUT2D eigenvalue weighted by Gasteiger charge is 2.70. The first-order chi connectivity index (χ1) is 6.87. The van der Waals surface area contributed by atoms with Crippen LogP contribution in [0.1, 0.15) is 33.6 Å². The van der Waals surface area contributed by atoms with E-state index in [2.05, 4.69) is 5.32 Å². The molecule has 0 bridgehead atoms. The molecule has 4 nitrogen and oxygen atoms in total. The third-order valence-electron chi connectivity index (χ3n) is 3.31. The zero-order chi connectivity index (χ0) is 11.3. The van der Waals surface area contributed by atoms with Gasteiger partial charge in [0, 0.05) is 12.6 Å². The van der Waals surface area contributed by atoms with Crippen molar-refractivity contribution in [3.63, 3.8) is 0 Å². The van der Waals surface area contributed by atoms with Crippen LogP contribution in [0.4, 0.5) is 4.79 Å². The minimum Gasteiger partial charge on any atom is -0.444 e. The molecule has 1 spiro atoms. The van der Waals surface area contributed by atoms with Gasteiger partial charge in [0.2, 0.25) is 0 Å². The molecule has 2 rings (SSSR count).